The van der Waals surface area contributed by atoms with E-state index in [2.05, 4.69) is 5.32 Å². The van der Waals surface area contributed by atoms with Crippen molar-refractivity contribution in [2.24, 2.45) is 5.92 Å². The molecule has 0 radical (unpaired) electrons. The smallest absolute Gasteiger partial charge is 0.101 e. The summed E-state index contributed by atoms with van der Waals surface area (Å²) in [7, 11) is 0. The molecule has 0 aromatic rings. The molecule has 0 bridgehead atoms. The summed E-state index contributed by atoms with van der Waals surface area (Å²) in [6.45, 7) is 0. The van der Waals surface area contributed by atoms with Crippen LogP contribution < -0.4 is 5.32 Å². The van der Waals surface area contributed by atoms with Crippen molar-refractivity contribution in [3.8, 4) is 0 Å². The van der Waals surface area contributed by atoms with Crippen LogP contribution in [0.3, 0.4) is 0 Å². The Morgan fingerprint density at radius 3 is 3.08 bits per heavy atom. The highest BCUT2D eigenvalue weighted by atomic mass is 35.5. The number of aliphatic hydroxyl groups is 1. The first-order valence-corrected chi connectivity index (χ1v) is 4.69. The summed E-state index contributed by atoms with van der Waals surface area (Å²) in [4.78, 5) is 0. The third-order valence-corrected chi connectivity index (χ3v) is 2.77. The molecular weight excluding hydrogens is 174 g/mol. The van der Waals surface area contributed by atoms with E-state index in [1.807, 2.05) is 6.08 Å². The van der Waals surface area contributed by atoms with Crippen molar-refractivity contribution >= 4 is 11.6 Å². The van der Waals surface area contributed by atoms with Crippen LogP contribution >= 0.6 is 11.6 Å². The monoisotopic (exact) mass is 185 g/mol. The lowest BCUT2D eigenvalue weighted by atomic mass is 9.88. The number of nitrogens with one attached hydrogen (secondary N) is 1. The quantitative estimate of drug-likeness (QED) is 0.448. The molecule has 1 heterocycles. The van der Waals surface area contributed by atoms with Crippen molar-refractivity contribution in [3.63, 3.8) is 0 Å². The third-order valence-electron chi connectivity index (χ3n) is 2.44. The highest BCUT2D eigenvalue weighted by molar-refractivity contribution is 6.20. The average molecular weight is 186 g/mol. The fourth-order valence-electron chi connectivity index (χ4n) is 1.78. The van der Waals surface area contributed by atoms with Gasteiger partial charge in [-0.15, -0.1) is 0 Å². The SMILES string of the molecule is OC1=CC=C2NC(Cl)CC[C@@H]2C1. The summed E-state index contributed by atoms with van der Waals surface area (Å²) < 4.78 is 0. The topological polar surface area (TPSA) is 32.3 Å². The van der Waals surface area contributed by atoms with Crippen molar-refractivity contribution < 1.29 is 5.11 Å². The summed E-state index contributed by atoms with van der Waals surface area (Å²) in [6, 6.07) is 0. The van der Waals surface area contributed by atoms with Crippen LogP contribution in [0.4, 0.5) is 0 Å². The van der Waals surface area contributed by atoms with Gasteiger partial charge in [-0.1, -0.05) is 11.6 Å². The zero-order valence-electron chi connectivity index (χ0n) is 6.76. The van der Waals surface area contributed by atoms with Crippen LogP contribution in [0.15, 0.2) is 23.6 Å². The number of halogens is 1. The first-order valence-electron chi connectivity index (χ1n) is 4.26. The molecule has 1 fully saturated rings. The van der Waals surface area contributed by atoms with Crippen LogP contribution in [0.25, 0.3) is 0 Å². The second-order valence-corrected chi connectivity index (χ2v) is 3.90. The Kier molecular flexibility index (Phi) is 2.01. The van der Waals surface area contributed by atoms with E-state index in [1.165, 1.54) is 5.70 Å². The van der Waals surface area contributed by atoms with E-state index in [-0.39, 0.29) is 5.50 Å². The molecule has 0 aromatic carbocycles. The molecular formula is C9H12ClNO. The Labute approximate surface area is 76.9 Å². The molecule has 2 atom stereocenters. The van der Waals surface area contributed by atoms with E-state index >= 15 is 0 Å². The molecule has 1 aliphatic heterocycles. The molecule has 1 unspecified atom stereocenters. The summed E-state index contributed by atoms with van der Waals surface area (Å²) in [5, 5.41) is 12.5. The highest BCUT2D eigenvalue weighted by Crippen LogP contribution is 2.31. The third kappa shape index (κ3) is 1.44. The Balaban J connectivity index is 2.15. The lowest BCUT2D eigenvalue weighted by molar-refractivity contribution is 0.325. The normalized spacial score (nSPS) is 34.4. The van der Waals surface area contributed by atoms with E-state index < -0.39 is 0 Å². The van der Waals surface area contributed by atoms with Gasteiger partial charge in [-0.05, 0) is 25.0 Å². The number of fused-ring (bicyclic) bond motifs is 1. The van der Waals surface area contributed by atoms with Crippen LogP contribution in [0.5, 0.6) is 0 Å². The van der Waals surface area contributed by atoms with Crippen molar-refractivity contribution in [1.82, 2.24) is 5.32 Å². The van der Waals surface area contributed by atoms with Crippen LogP contribution in [0.1, 0.15) is 19.3 Å². The maximum atomic E-state index is 9.27. The van der Waals surface area contributed by atoms with E-state index in [0.717, 1.165) is 19.3 Å². The van der Waals surface area contributed by atoms with E-state index in [1.54, 1.807) is 6.08 Å². The van der Waals surface area contributed by atoms with Gasteiger partial charge in [0.1, 0.15) is 5.50 Å². The average Bonchev–Trinajstić information content (AvgIpc) is 2.05. The molecule has 3 heteroatoms. The molecule has 2 rings (SSSR count). The highest BCUT2D eigenvalue weighted by Gasteiger charge is 2.25. The van der Waals surface area contributed by atoms with Gasteiger partial charge < -0.3 is 10.4 Å². The minimum absolute atomic E-state index is 0.0705. The van der Waals surface area contributed by atoms with Gasteiger partial charge in [0.15, 0.2) is 0 Å². The van der Waals surface area contributed by atoms with Gasteiger partial charge >= 0.3 is 0 Å². The predicted octanol–water partition coefficient (Wildman–Crippen LogP) is 2.28. The number of allylic oxidation sites excluding steroid dienone is 4. The van der Waals surface area contributed by atoms with Gasteiger partial charge in [0.25, 0.3) is 0 Å². The first-order chi connectivity index (χ1) is 5.75. The number of aliphatic hydroxyl groups excluding tert-OH is 1. The summed E-state index contributed by atoms with van der Waals surface area (Å²) in [5.41, 5.74) is 1.25. The molecule has 1 aliphatic carbocycles. The molecule has 0 saturated carbocycles. The van der Waals surface area contributed by atoms with Gasteiger partial charge in [-0.25, -0.2) is 0 Å². The maximum Gasteiger partial charge on any atom is 0.101 e. The van der Waals surface area contributed by atoms with Crippen LogP contribution in [0.2, 0.25) is 0 Å². The lowest BCUT2D eigenvalue weighted by Crippen LogP contribution is -2.34. The van der Waals surface area contributed by atoms with Gasteiger partial charge in [0, 0.05) is 18.0 Å². The molecule has 0 spiro atoms. The van der Waals surface area contributed by atoms with Gasteiger partial charge in [-0.3, -0.25) is 0 Å². The molecule has 2 N–H and O–H groups in total. The zero-order chi connectivity index (χ0) is 8.55. The Hall–Kier alpha value is -0.630. The number of rotatable bonds is 0. The summed E-state index contributed by atoms with van der Waals surface area (Å²) in [6.07, 6.45) is 6.50. The van der Waals surface area contributed by atoms with E-state index in [0.29, 0.717) is 11.7 Å². The van der Waals surface area contributed by atoms with Gasteiger partial charge in [0.05, 0.1) is 5.76 Å². The van der Waals surface area contributed by atoms with Gasteiger partial charge in [0.2, 0.25) is 0 Å². The van der Waals surface area contributed by atoms with E-state index in [9.17, 15) is 5.11 Å². The fraction of sp³-hybridized carbons (Fsp3) is 0.556. The van der Waals surface area contributed by atoms with Crippen LogP contribution in [-0.4, -0.2) is 10.6 Å². The van der Waals surface area contributed by atoms with Crippen molar-refractivity contribution in [3.05, 3.63) is 23.6 Å². The van der Waals surface area contributed by atoms with Crippen molar-refractivity contribution in [1.29, 1.82) is 0 Å². The second-order valence-electron chi connectivity index (χ2n) is 3.37. The molecule has 2 aliphatic rings. The van der Waals surface area contributed by atoms with Gasteiger partial charge in [-0.2, -0.15) is 0 Å². The lowest BCUT2D eigenvalue weighted by Gasteiger charge is -2.31. The largest absolute Gasteiger partial charge is 0.512 e. The molecule has 0 amide bonds. The minimum atomic E-state index is 0.0705. The molecule has 66 valence electrons. The van der Waals surface area contributed by atoms with E-state index in [4.69, 9.17) is 11.6 Å². The predicted molar refractivity (Wildman–Crippen MR) is 48.9 cm³/mol. The van der Waals surface area contributed by atoms with Crippen molar-refractivity contribution in [2.75, 3.05) is 0 Å². The van der Waals surface area contributed by atoms with Crippen LogP contribution in [-0.2, 0) is 0 Å². The molecule has 12 heavy (non-hydrogen) atoms. The minimum Gasteiger partial charge on any atom is -0.512 e. The maximum absolute atomic E-state index is 9.27. The molecule has 2 nitrogen and oxygen atoms in total. The van der Waals surface area contributed by atoms with Crippen molar-refractivity contribution in [2.45, 2.75) is 24.8 Å². The molecule has 1 saturated heterocycles. The Morgan fingerprint density at radius 2 is 2.25 bits per heavy atom. The number of hydrogen-bond acceptors (Lipinski definition) is 2. The number of alkyl halides is 1. The Morgan fingerprint density at radius 1 is 1.42 bits per heavy atom. The second kappa shape index (κ2) is 3.02. The fourth-order valence-corrected chi connectivity index (χ4v) is 2.03. The summed E-state index contributed by atoms with van der Waals surface area (Å²) >= 11 is 5.94. The Bertz CT molecular complexity index is 247. The molecule has 0 aromatic heterocycles. The number of hydrogen-bond donors (Lipinski definition) is 2. The number of piperidine rings is 1. The first kappa shape index (κ1) is 7.99. The van der Waals surface area contributed by atoms with Crippen LogP contribution in [0, 0.1) is 5.92 Å². The zero-order valence-corrected chi connectivity index (χ0v) is 7.51. The standard InChI is InChI=1S/C9H12ClNO/c10-9-4-1-6-5-7(12)2-3-8(6)11-9/h2-3,6,9,11-12H,1,4-5H2/t6-,9?/m1/s1. The summed E-state index contributed by atoms with van der Waals surface area (Å²) in [5.74, 6) is 0.948.